The number of hydrazine groups is 1. The topological polar surface area (TPSA) is 90.9 Å². The molecule has 110 valence electrons. The number of anilines is 1. The van der Waals surface area contributed by atoms with Crippen molar-refractivity contribution in [1.82, 2.24) is 19.7 Å². The van der Waals surface area contributed by atoms with Crippen LogP contribution in [-0.4, -0.2) is 32.0 Å². The minimum atomic E-state index is -4.43. The van der Waals surface area contributed by atoms with Gasteiger partial charge in [0.25, 0.3) is 0 Å². The fourth-order valence-electron chi connectivity index (χ4n) is 1.54. The second kappa shape index (κ2) is 5.21. The fourth-order valence-corrected chi connectivity index (χ4v) is 1.54. The third-order valence-corrected chi connectivity index (χ3v) is 2.70. The molecule has 0 aliphatic carbocycles. The van der Waals surface area contributed by atoms with Crippen LogP contribution in [0.2, 0.25) is 0 Å². The number of halogens is 3. The van der Waals surface area contributed by atoms with Crippen molar-refractivity contribution >= 4 is 16.9 Å². The van der Waals surface area contributed by atoms with Gasteiger partial charge in [0.15, 0.2) is 23.4 Å². The number of ether oxygens (including phenoxy) is 1. The molecule has 0 fully saturated rings. The number of alkyl halides is 3. The van der Waals surface area contributed by atoms with E-state index < -0.39 is 12.3 Å². The molecule has 0 spiro atoms. The summed E-state index contributed by atoms with van der Waals surface area (Å²) in [5.41, 5.74) is 2.81. The van der Waals surface area contributed by atoms with Crippen molar-refractivity contribution in [2.24, 2.45) is 12.9 Å². The van der Waals surface area contributed by atoms with E-state index in [2.05, 4.69) is 20.5 Å². The van der Waals surface area contributed by atoms with Gasteiger partial charge in [-0.2, -0.15) is 18.3 Å². The van der Waals surface area contributed by atoms with Gasteiger partial charge in [-0.3, -0.25) is 4.68 Å². The minimum absolute atomic E-state index is 0.0881. The first-order valence-corrected chi connectivity index (χ1v) is 5.66. The molecular weight excluding hydrogens is 277 g/mol. The lowest BCUT2D eigenvalue weighted by Crippen LogP contribution is -2.28. The van der Waals surface area contributed by atoms with E-state index in [1.807, 2.05) is 0 Å². The largest absolute Gasteiger partial charge is 0.414 e. The molecule has 2 rings (SSSR count). The van der Waals surface area contributed by atoms with Gasteiger partial charge in [0.1, 0.15) is 6.61 Å². The molecule has 0 saturated heterocycles. The van der Waals surface area contributed by atoms with Crippen LogP contribution in [0.15, 0.2) is 6.20 Å². The Hall–Kier alpha value is -1.94. The molecule has 2 aromatic heterocycles. The molecule has 0 aliphatic rings. The Balaban J connectivity index is 2.24. The van der Waals surface area contributed by atoms with E-state index in [0.29, 0.717) is 11.0 Å². The average Bonchev–Trinajstić information content (AvgIpc) is 2.76. The van der Waals surface area contributed by atoms with Crippen molar-refractivity contribution in [1.29, 1.82) is 0 Å². The van der Waals surface area contributed by atoms with Crippen LogP contribution in [0.1, 0.15) is 12.7 Å². The summed E-state index contributed by atoms with van der Waals surface area (Å²) < 4.78 is 43.2. The first-order chi connectivity index (χ1) is 9.32. The zero-order chi connectivity index (χ0) is 14.9. The quantitative estimate of drug-likeness (QED) is 0.647. The Morgan fingerprint density at radius 2 is 2.15 bits per heavy atom. The van der Waals surface area contributed by atoms with Gasteiger partial charge in [-0.1, -0.05) is 0 Å². The summed E-state index contributed by atoms with van der Waals surface area (Å²) in [5, 5.41) is 4.55. The Labute approximate surface area is 111 Å². The molecule has 1 atom stereocenters. The first kappa shape index (κ1) is 14.5. The number of aryl methyl sites for hydroxylation is 1. The SMILES string of the molecule is CC(OCc1nc(NN)c2cnn(C)c2n1)C(F)(F)F. The molecule has 3 N–H and O–H groups in total. The van der Waals surface area contributed by atoms with Crippen LogP contribution in [0, 0.1) is 0 Å². The molecule has 0 saturated carbocycles. The van der Waals surface area contributed by atoms with Gasteiger partial charge < -0.3 is 10.2 Å². The van der Waals surface area contributed by atoms with Crippen LogP contribution in [0.25, 0.3) is 11.0 Å². The van der Waals surface area contributed by atoms with Gasteiger partial charge in [0.05, 0.1) is 11.6 Å². The highest BCUT2D eigenvalue weighted by atomic mass is 19.4. The molecule has 0 aliphatic heterocycles. The van der Waals surface area contributed by atoms with E-state index in [1.54, 1.807) is 7.05 Å². The van der Waals surface area contributed by atoms with Gasteiger partial charge in [0, 0.05) is 7.05 Å². The highest BCUT2D eigenvalue weighted by Gasteiger charge is 2.37. The number of rotatable bonds is 4. The lowest BCUT2D eigenvalue weighted by molar-refractivity contribution is -0.217. The maximum Gasteiger partial charge on any atom is 0.414 e. The number of nitrogen functional groups attached to an aromatic ring is 1. The second-order valence-corrected chi connectivity index (χ2v) is 4.13. The standard InChI is InChI=1S/C10H13F3N6O/c1-5(10(11,12)13)20-4-7-16-8(18-14)6-3-15-19(2)9(6)17-7/h3,5H,4,14H2,1-2H3,(H,16,17,18). The molecule has 20 heavy (non-hydrogen) atoms. The van der Waals surface area contributed by atoms with Gasteiger partial charge in [-0.05, 0) is 6.92 Å². The third kappa shape index (κ3) is 2.80. The Kier molecular flexibility index (Phi) is 3.77. The molecule has 10 heteroatoms. The van der Waals surface area contributed by atoms with Crippen molar-refractivity contribution in [3.63, 3.8) is 0 Å². The highest BCUT2D eigenvalue weighted by Crippen LogP contribution is 2.24. The van der Waals surface area contributed by atoms with Crippen LogP contribution >= 0.6 is 0 Å². The minimum Gasteiger partial charge on any atom is -0.361 e. The highest BCUT2D eigenvalue weighted by molar-refractivity contribution is 5.86. The van der Waals surface area contributed by atoms with Crippen molar-refractivity contribution < 1.29 is 17.9 Å². The average molecular weight is 290 g/mol. The third-order valence-electron chi connectivity index (χ3n) is 2.70. The van der Waals surface area contributed by atoms with Crippen LogP contribution in [0.3, 0.4) is 0 Å². The van der Waals surface area contributed by atoms with E-state index >= 15 is 0 Å². The van der Waals surface area contributed by atoms with E-state index in [-0.39, 0.29) is 18.2 Å². The maximum atomic E-state index is 12.4. The first-order valence-electron chi connectivity index (χ1n) is 5.66. The van der Waals surface area contributed by atoms with Crippen molar-refractivity contribution in [3.8, 4) is 0 Å². The number of fused-ring (bicyclic) bond motifs is 1. The summed E-state index contributed by atoms with van der Waals surface area (Å²) in [7, 11) is 1.65. The van der Waals surface area contributed by atoms with Crippen LogP contribution in [0.4, 0.5) is 19.0 Å². The zero-order valence-electron chi connectivity index (χ0n) is 10.8. The zero-order valence-corrected chi connectivity index (χ0v) is 10.8. The Morgan fingerprint density at radius 1 is 1.45 bits per heavy atom. The van der Waals surface area contributed by atoms with E-state index in [4.69, 9.17) is 10.6 Å². The number of hydrogen-bond donors (Lipinski definition) is 2. The van der Waals surface area contributed by atoms with Crippen molar-refractivity contribution in [3.05, 3.63) is 12.0 Å². The van der Waals surface area contributed by atoms with Gasteiger partial charge in [-0.25, -0.2) is 15.8 Å². The Bertz CT molecular complexity index is 611. The smallest absolute Gasteiger partial charge is 0.361 e. The molecular formula is C10H13F3N6O. The maximum absolute atomic E-state index is 12.4. The van der Waals surface area contributed by atoms with Gasteiger partial charge >= 0.3 is 6.18 Å². The molecule has 0 bridgehead atoms. The summed E-state index contributed by atoms with van der Waals surface area (Å²) in [5.74, 6) is 5.69. The van der Waals surface area contributed by atoms with Crippen molar-refractivity contribution in [2.45, 2.75) is 25.8 Å². The van der Waals surface area contributed by atoms with Crippen LogP contribution in [0.5, 0.6) is 0 Å². The summed E-state index contributed by atoms with van der Waals surface area (Å²) >= 11 is 0. The lowest BCUT2D eigenvalue weighted by atomic mass is 10.4. The number of aromatic nitrogens is 4. The second-order valence-electron chi connectivity index (χ2n) is 4.13. The monoisotopic (exact) mass is 290 g/mol. The van der Waals surface area contributed by atoms with Crippen LogP contribution in [-0.2, 0) is 18.4 Å². The number of hydrogen-bond acceptors (Lipinski definition) is 6. The number of nitrogens with zero attached hydrogens (tertiary/aromatic N) is 4. The number of nitrogens with one attached hydrogen (secondary N) is 1. The number of nitrogens with two attached hydrogens (primary N) is 1. The summed E-state index contributed by atoms with van der Waals surface area (Å²) in [6.07, 6.45) is -4.82. The van der Waals surface area contributed by atoms with Gasteiger partial charge in [-0.15, -0.1) is 0 Å². The molecule has 0 aromatic carbocycles. The summed E-state index contributed by atoms with van der Waals surface area (Å²) in [6, 6.07) is 0. The van der Waals surface area contributed by atoms with E-state index in [9.17, 15) is 13.2 Å². The molecule has 0 radical (unpaired) electrons. The summed E-state index contributed by atoms with van der Waals surface area (Å²) in [6.45, 7) is 0.543. The normalized spacial score (nSPS) is 13.7. The molecule has 2 heterocycles. The van der Waals surface area contributed by atoms with Gasteiger partial charge in [0.2, 0.25) is 0 Å². The van der Waals surface area contributed by atoms with Crippen molar-refractivity contribution in [2.75, 3.05) is 5.43 Å². The Morgan fingerprint density at radius 3 is 2.75 bits per heavy atom. The predicted octanol–water partition coefficient (Wildman–Crippen LogP) is 1.12. The molecule has 2 aromatic rings. The molecule has 0 amide bonds. The van der Waals surface area contributed by atoms with E-state index in [0.717, 1.165) is 6.92 Å². The molecule has 7 nitrogen and oxygen atoms in total. The van der Waals surface area contributed by atoms with E-state index in [1.165, 1.54) is 10.9 Å². The molecule has 1 unspecified atom stereocenters. The summed E-state index contributed by atoms with van der Waals surface area (Å²) in [4.78, 5) is 8.09. The van der Waals surface area contributed by atoms with Crippen LogP contribution < -0.4 is 11.3 Å². The predicted molar refractivity (Wildman–Crippen MR) is 64.4 cm³/mol. The fraction of sp³-hybridized carbons (Fsp3) is 0.500. The lowest BCUT2D eigenvalue weighted by Gasteiger charge is -2.16.